The molecule has 3 aliphatic rings. The molecule has 4 rings (SSSR count). The Morgan fingerprint density at radius 1 is 1.26 bits per heavy atom. The molecule has 0 spiro atoms. The molecule has 1 amide bonds. The number of amides is 1. The second-order valence-electron chi connectivity index (χ2n) is 7.67. The monoisotopic (exact) mass is 376 g/mol. The van der Waals surface area contributed by atoms with Gasteiger partial charge in [-0.1, -0.05) is 28.1 Å². The molecule has 124 valence electrons. The molecule has 2 N–H and O–H groups in total. The Labute approximate surface area is 146 Å². The van der Waals surface area contributed by atoms with Gasteiger partial charge in [0.2, 0.25) is 5.91 Å². The number of piperidine rings is 1. The van der Waals surface area contributed by atoms with Crippen LogP contribution in [0.1, 0.15) is 56.9 Å². The van der Waals surface area contributed by atoms with E-state index in [0.717, 1.165) is 17.3 Å². The van der Waals surface area contributed by atoms with E-state index < -0.39 is 0 Å². The average molecular weight is 377 g/mol. The molecule has 3 nitrogen and oxygen atoms in total. The van der Waals surface area contributed by atoms with Gasteiger partial charge >= 0.3 is 0 Å². The van der Waals surface area contributed by atoms with Gasteiger partial charge in [-0.05, 0) is 68.6 Å². The molecule has 2 aliphatic heterocycles. The van der Waals surface area contributed by atoms with Crippen molar-refractivity contribution in [2.24, 2.45) is 5.92 Å². The van der Waals surface area contributed by atoms with Gasteiger partial charge in [-0.15, -0.1) is 0 Å². The summed E-state index contributed by atoms with van der Waals surface area (Å²) in [6.45, 7) is 0. The van der Waals surface area contributed by atoms with Crippen molar-refractivity contribution in [3.63, 3.8) is 0 Å². The van der Waals surface area contributed by atoms with E-state index in [9.17, 15) is 4.79 Å². The van der Waals surface area contributed by atoms with Crippen molar-refractivity contribution in [2.75, 3.05) is 0 Å². The SMILES string of the molecule is O=C(CC1CC2CCC(C1)N2)NC1(c2cccc(Br)c2)CCC1. The molecule has 3 fully saturated rings. The largest absolute Gasteiger partial charge is 0.347 e. The smallest absolute Gasteiger partial charge is 0.220 e. The third-order valence-corrected chi connectivity index (χ3v) is 6.50. The summed E-state index contributed by atoms with van der Waals surface area (Å²) in [5.41, 5.74) is 1.13. The lowest BCUT2D eigenvalue weighted by Crippen LogP contribution is -2.51. The molecule has 1 saturated carbocycles. The highest BCUT2D eigenvalue weighted by atomic mass is 79.9. The van der Waals surface area contributed by atoms with Crippen LogP contribution in [0.4, 0.5) is 0 Å². The molecule has 1 aromatic rings. The molecule has 0 aromatic heterocycles. The zero-order valence-electron chi connectivity index (χ0n) is 13.5. The van der Waals surface area contributed by atoms with E-state index in [4.69, 9.17) is 0 Å². The second-order valence-corrected chi connectivity index (χ2v) is 8.59. The number of benzene rings is 1. The number of nitrogens with one attached hydrogen (secondary N) is 2. The maximum atomic E-state index is 12.7. The Morgan fingerprint density at radius 2 is 2.00 bits per heavy atom. The Balaban J connectivity index is 1.41. The molecule has 2 saturated heterocycles. The third kappa shape index (κ3) is 3.20. The summed E-state index contributed by atoms with van der Waals surface area (Å²) in [5, 5.41) is 7.05. The molecule has 2 atom stereocenters. The van der Waals surface area contributed by atoms with Crippen LogP contribution in [0.3, 0.4) is 0 Å². The summed E-state index contributed by atoms with van der Waals surface area (Å²) in [7, 11) is 0. The molecule has 2 heterocycles. The van der Waals surface area contributed by atoms with E-state index in [0.29, 0.717) is 24.4 Å². The maximum absolute atomic E-state index is 12.7. The summed E-state index contributed by atoms with van der Waals surface area (Å²) in [5.74, 6) is 0.810. The van der Waals surface area contributed by atoms with Crippen molar-refractivity contribution in [1.29, 1.82) is 0 Å². The quantitative estimate of drug-likeness (QED) is 0.837. The van der Waals surface area contributed by atoms with Crippen LogP contribution in [0.2, 0.25) is 0 Å². The van der Waals surface area contributed by atoms with Gasteiger partial charge in [0, 0.05) is 23.0 Å². The van der Waals surface area contributed by atoms with Crippen LogP contribution >= 0.6 is 15.9 Å². The van der Waals surface area contributed by atoms with Gasteiger partial charge < -0.3 is 10.6 Å². The number of fused-ring (bicyclic) bond motifs is 2. The third-order valence-electron chi connectivity index (χ3n) is 6.01. The lowest BCUT2D eigenvalue weighted by Gasteiger charge is -2.43. The molecular formula is C19H25BrN2O. The molecule has 23 heavy (non-hydrogen) atoms. The Kier molecular flexibility index (Phi) is 4.22. The zero-order chi connectivity index (χ0) is 15.9. The molecule has 1 aliphatic carbocycles. The second kappa shape index (κ2) is 6.21. The molecule has 0 radical (unpaired) electrons. The molecule has 2 bridgehead atoms. The standard InChI is InChI=1S/C19H25BrN2O/c20-15-4-1-3-14(12-15)19(7-2-8-19)22-18(23)11-13-9-16-5-6-17(10-13)21-16/h1,3-4,12-13,16-17,21H,2,5-11H2,(H,22,23). The lowest BCUT2D eigenvalue weighted by atomic mass is 9.71. The average Bonchev–Trinajstić information content (AvgIpc) is 2.82. The van der Waals surface area contributed by atoms with Crippen molar-refractivity contribution in [2.45, 2.75) is 69.0 Å². The first-order valence-electron chi connectivity index (χ1n) is 8.96. The van der Waals surface area contributed by atoms with Crippen molar-refractivity contribution in [3.8, 4) is 0 Å². The van der Waals surface area contributed by atoms with Crippen molar-refractivity contribution >= 4 is 21.8 Å². The van der Waals surface area contributed by atoms with E-state index in [1.807, 2.05) is 6.07 Å². The number of hydrogen-bond acceptors (Lipinski definition) is 2. The topological polar surface area (TPSA) is 41.1 Å². The maximum Gasteiger partial charge on any atom is 0.220 e. The van der Waals surface area contributed by atoms with Gasteiger partial charge in [0.05, 0.1) is 5.54 Å². The first-order chi connectivity index (χ1) is 11.1. The van der Waals surface area contributed by atoms with Gasteiger partial charge in [0.15, 0.2) is 0 Å². The minimum Gasteiger partial charge on any atom is -0.347 e. The van der Waals surface area contributed by atoms with Crippen LogP contribution in [-0.2, 0) is 10.3 Å². The van der Waals surface area contributed by atoms with E-state index in [-0.39, 0.29) is 11.4 Å². The Hall–Kier alpha value is -0.870. The van der Waals surface area contributed by atoms with Crippen LogP contribution in [-0.4, -0.2) is 18.0 Å². The Bertz CT molecular complexity index is 587. The number of hydrogen-bond donors (Lipinski definition) is 2. The minimum atomic E-state index is -0.118. The van der Waals surface area contributed by atoms with Crippen LogP contribution < -0.4 is 10.6 Å². The van der Waals surface area contributed by atoms with Gasteiger partial charge in [-0.2, -0.15) is 0 Å². The van der Waals surface area contributed by atoms with E-state index in [1.165, 1.54) is 37.7 Å². The minimum absolute atomic E-state index is 0.118. The van der Waals surface area contributed by atoms with Crippen molar-refractivity contribution in [3.05, 3.63) is 34.3 Å². The van der Waals surface area contributed by atoms with Crippen LogP contribution in [0.5, 0.6) is 0 Å². The highest BCUT2D eigenvalue weighted by Gasteiger charge is 2.41. The van der Waals surface area contributed by atoms with Crippen molar-refractivity contribution in [1.82, 2.24) is 10.6 Å². The molecular weight excluding hydrogens is 352 g/mol. The summed E-state index contributed by atoms with van der Waals surface area (Å²) in [6.07, 6.45) is 8.96. The summed E-state index contributed by atoms with van der Waals surface area (Å²) >= 11 is 3.55. The fraction of sp³-hybridized carbons (Fsp3) is 0.632. The van der Waals surface area contributed by atoms with Crippen molar-refractivity contribution < 1.29 is 4.79 Å². The molecule has 2 unspecified atom stereocenters. The van der Waals surface area contributed by atoms with Gasteiger partial charge in [0.1, 0.15) is 0 Å². The number of rotatable bonds is 4. The van der Waals surface area contributed by atoms with E-state index in [2.05, 4.69) is 44.8 Å². The summed E-state index contributed by atoms with van der Waals surface area (Å²) in [6, 6.07) is 9.74. The fourth-order valence-electron chi connectivity index (χ4n) is 4.72. The van der Waals surface area contributed by atoms with Crippen LogP contribution in [0, 0.1) is 5.92 Å². The molecule has 1 aromatic carbocycles. The first kappa shape index (κ1) is 15.6. The summed E-state index contributed by atoms with van der Waals surface area (Å²) < 4.78 is 1.09. The Morgan fingerprint density at radius 3 is 2.61 bits per heavy atom. The highest BCUT2D eigenvalue weighted by molar-refractivity contribution is 9.10. The first-order valence-corrected chi connectivity index (χ1v) is 9.75. The lowest BCUT2D eigenvalue weighted by molar-refractivity contribution is -0.125. The number of carbonyl (C=O) groups excluding carboxylic acids is 1. The van der Waals surface area contributed by atoms with Crippen LogP contribution in [0.15, 0.2) is 28.7 Å². The number of carbonyl (C=O) groups is 1. The van der Waals surface area contributed by atoms with Gasteiger partial charge in [-0.3, -0.25) is 4.79 Å². The van der Waals surface area contributed by atoms with E-state index >= 15 is 0 Å². The van der Waals surface area contributed by atoms with E-state index in [1.54, 1.807) is 0 Å². The zero-order valence-corrected chi connectivity index (χ0v) is 15.1. The predicted octanol–water partition coefficient (Wildman–Crippen LogP) is 3.87. The van der Waals surface area contributed by atoms with Gasteiger partial charge in [-0.25, -0.2) is 0 Å². The van der Waals surface area contributed by atoms with Crippen LogP contribution in [0.25, 0.3) is 0 Å². The number of halogens is 1. The predicted molar refractivity (Wildman–Crippen MR) is 95.1 cm³/mol. The molecule has 4 heteroatoms. The van der Waals surface area contributed by atoms with Gasteiger partial charge in [0.25, 0.3) is 0 Å². The summed E-state index contributed by atoms with van der Waals surface area (Å²) in [4.78, 5) is 12.7. The normalized spacial score (nSPS) is 31.4. The fourth-order valence-corrected chi connectivity index (χ4v) is 5.12. The highest BCUT2D eigenvalue weighted by Crippen LogP contribution is 2.42.